The highest BCUT2D eigenvalue weighted by molar-refractivity contribution is 5.98. The first-order valence-corrected chi connectivity index (χ1v) is 7.81. The molecule has 0 spiro atoms. The van der Waals surface area contributed by atoms with Crippen molar-refractivity contribution in [2.45, 2.75) is 52.5 Å². The molecule has 7 heteroatoms. The van der Waals surface area contributed by atoms with Crippen LogP contribution >= 0.6 is 0 Å². The first-order chi connectivity index (χ1) is 10.4. The largest absolute Gasteiger partial charge is 0.353 e. The van der Waals surface area contributed by atoms with Crippen LogP contribution in [0.1, 0.15) is 47.0 Å². The van der Waals surface area contributed by atoms with E-state index in [0.717, 1.165) is 19.6 Å². The molecule has 122 valence electrons. The van der Waals surface area contributed by atoms with Crippen molar-refractivity contribution in [2.24, 2.45) is 0 Å². The molecule has 1 N–H and O–H groups in total. The van der Waals surface area contributed by atoms with Gasteiger partial charge in [0.2, 0.25) is 0 Å². The third kappa shape index (κ3) is 3.99. The molecule has 0 bridgehead atoms. The minimum Gasteiger partial charge on any atom is -0.353 e. The predicted molar refractivity (Wildman–Crippen MR) is 85.2 cm³/mol. The molecule has 2 rings (SSSR count). The lowest BCUT2D eigenvalue weighted by atomic mass is 10.1. The summed E-state index contributed by atoms with van der Waals surface area (Å²) in [5.41, 5.74) is 3.39. The predicted octanol–water partition coefficient (Wildman–Crippen LogP) is 1.75. The highest BCUT2D eigenvalue weighted by Crippen LogP contribution is 2.24. The smallest absolute Gasteiger partial charge is 0.289 e. The van der Waals surface area contributed by atoms with E-state index in [2.05, 4.69) is 53.0 Å². The Hall–Kier alpha value is -2.05. The summed E-state index contributed by atoms with van der Waals surface area (Å²) in [5.74, 6) is -0.159. The third-order valence-electron chi connectivity index (χ3n) is 3.70. The summed E-state index contributed by atoms with van der Waals surface area (Å²) < 4.78 is 0. The molecule has 0 unspecified atom stereocenters. The summed E-state index contributed by atoms with van der Waals surface area (Å²) in [4.78, 5) is 22.0. The number of nitrogens with zero attached hydrogens (tertiary/aromatic N) is 5. The van der Waals surface area contributed by atoms with Gasteiger partial charge >= 0.3 is 0 Å². The van der Waals surface area contributed by atoms with Gasteiger partial charge in [-0.05, 0) is 27.2 Å². The zero-order chi connectivity index (χ0) is 16.2. The van der Waals surface area contributed by atoms with Gasteiger partial charge in [0.05, 0.1) is 6.67 Å². The molecule has 0 atom stereocenters. The van der Waals surface area contributed by atoms with E-state index in [-0.39, 0.29) is 11.4 Å². The highest BCUT2D eigenvalue weighted by Gasteiger charge is 2.31. The zero-order valence-corrected chi connectivity index (χ0v) is 13.9. The third-order valence-corrected chi connectivity index (χ3v) is 3.70. The molecule has 1 aliphatic rings. The fraction of sp³-hybridized carbons (Fsp3) is 0.667. The molecule has 1 aromatic heterocycles. The second-order valence-electron chi connectivity index (χ2n) is 6.55. The quantitative estimate of drug-likeness (QED) is 0.811. The van der Waals surface area contributed by atoms with Crippen LogP contribution in [-0.4, -0.2) is 49.3 Å². The van der Waals surface area contributed by atoms with Gasteiger partial charge in [0.1, 0.15) is 18.4 Å². The van der Waals surface area contributed by atoms with Crippen LogP contribution in [0.4, 0.5) is 0 Å². The normalized spacial score (nSPS) is 15.2. The van der Waals surface area contributed by atoms with Crippen LogP contribution in [0.3, 0.4) is 0 Å². The van der Waals surface area contributed by atoms with Gasteiger partial charge in [-0.25, -0.2) is 10.4 Å². The van der Waals surface area contributed by atoms with Crippen molar-refractivity contribution in [3.8, 4) is 0 Å². The fourth-order valence-corrected chi connectivity index (χ4v) is 2.31. The topological polar surface area (TPSA) is 66.3 Å². The molecule has 0 radical (unpaired) electrons. The Labute approximate surface area is 132 Å². The first-order valence-electron chi connectivity index (χ1n) is 7.81. The minimum atomic E-state index is -0.159. The Morgan fingerprint density at radius 1 is 1.36 bits per heavy atom. The molecule has 0 saturated heterocycles. The molecule has 22 heavy (non-hydrogen) atoms. The Bertz CT molecular complexity index is 517. The number of hydrogen-bond acceptors (Lipinski definition) is 5. The molecular formula is C15H26N6O. The van der Waals surface area contributed by atoms with Crippen molar-refractivity contribution in [1.82, 2.24) is 24.7 Å². The summed E-state index contributed by atoms with van der Waals surface area (Å²) in [6.45, 7) is 10.2. The van der Waals surface area contributed by atoms with Crippen molar-refractivity contribution >= 4 is 5.91 Å². The SMILES string of the molecule is CCCCCN1CN(C(C)(C)C)C=C1C(=O)Nn1cncn1. The molecule has 2 heterocycles. The van der Waals surface area contributed by atoms with Crippen LogP contribution in [0.15, 0.2) is 24.6 Å². The molecule has 0 fully saturated rings. The van der Waals surface area contributed by atoms with Gasteiger partial charge in [-0.15, -0.1) is 5.10 Å². The van der Waals surface area contributed by atoms with Gasteiger partial charge in [0.25, 0.3) is 5.91 Å². The summed E-state index contributed by atoms with van der Waals surface area (Å²) in [6, 6.07) is 0. The van der Waals surface area contributed by atoms with E-state index in [1.54, 1.807) is 0 Å². The molecule has 0 aromatic carbocycles. The standard InChI is InChI=1S/C15H26N6O/c1-5-6-7-8-19-12-20(15(2,3)4)9-13(19)14(22)18-21-11-16-10-17-21/h9-11H,5-8,12H2,1-4H3,(H,18,22). The first kappa shape index (κ1) is 16.3. The number of nitrogens with one attached hydrogen (secondary N) is 1. The minimum absolute atomic E-state index is 0.0156. The second-order valence-corrected chi connectivity index (χ2v) is 6.55. The monoisotopic (exact) mass is 306 g/mol. The van der Waals surface area contributed by atoms with Gasteiger partial charge < -0.3 is 9.80 Å². The van der Waals surface area contributed by atoms with Crippen molar-refractivity contribution in [3.05, 3.63) is 24.6 Å². The van der Waals surface area contributed by atoms with Crippen LogP contribution in [0, 0.1) is 0 Å². The van der Waals surface area contributed by atoms with E-state index in [1.807, 2.05) is 6.20 Å². The fourth-order valence-electron chi connectivity index (χ4n) is 2.31. The number of carbonyl (C=O) groups is 1. The van der Waals surface area contributed by atoms with Gasteiger partial charge in [0.15, 0.2) is 0 Å². The molecule has 1 aromatic rings. The molecular weight excluding hydrogens is 280 g/mol. The van der Waals surface area contributed by atoms with Gasteiger partial charge in [-0.1, -0.05) is 19.8 Å². The second kappa shape index (κ2) is 6.81. The van der Waals surface area contributed by atoms with E-state index >= 15 is 0 Å². The maximum atomic E-state index is 12.5. The van der Waals surface area contributed by atoms with Crippen molar-refractivity contribution in [2.75, 3.05) is 18.6 Å². The lowest BCUT2D eigenvalue weighted by Gasteiger charge is -2.33. The van der Waals surface area contributed by atoms with Crippen LogP contribution in [0.25, 0.3) is 0 Å². The summed E-state index contributed by atoms with van der Waals surface area (Å²) in [5, 5.41) is 3.91. The zero-order valence-electron chi connectivity index (χ0n) is 13.9. The Balaban J connectivity index is 2.08. The van der Waals surface area contributed by atoms with Crippen molar-refractivity contribution in [3.63, 3.8) is 0 Å². The molecule has 0 aliphatic carbocycles. The van der Waals surface area contributed by atoms with Crippen LogP contribution in [0.2, 0.25) is 0 Å². The number of hydrogen-bond donors (Lipinski definition) is 1. The maximum Gasteiger partial charge on any atom is 0.289 e. The highest BCUT2D eigenvalue weighted by atomic mass is 16.2. The van der Waals surface area contributed by atoms with Gasteiger partial charge in [-0.2, -0.15) is 4.79 Å². The van der Waals surface area contributed by atoms with Crippen molar-refractivity contribution < 1.29 is 4.79 Å². The Morgan fingerprint density at radius 2 is 2.14 bits per heavy atom. The van der Waals surface area contributed by atoms with Crippen molar-refractivity contribution in [1.29, 1.82) is 0 Å². The number of carbonyl (C=O) groups excluding carboxylic acids is 1. The van der Waals surface area contributed by atoms with Crippen LogP contribution in [-0.2, 0) is 4.79 Å². The van der Waals surface area contributed by atoms with Gasteiger partial charge in [0, 0.05) is 18.3 Å². The Morgan fingerprint density at radius 3 is 2.73 bits per heavy atom. The Kier molecular flexibility index (Phi) is 5.05. The molecule has 0 saturated carbocycles. The molecule has 7 nitrogen and oxygen atoms in total. The summed E-state index contributed by atoms with van der Waals surface area (Å²) in [6.07, 6.45) is 8.23. The lowest BCUT2D eigenvalue weighted by molar-refractivity contribution is -0.115. The van der Waals surface area contributed by atoms with E-state index in [9.17, 15) is 4.79 Å². The van der Waals surface area contributed by atoms with E-state index in [0.29, 0.717) is 5.70 Å². The number of unbranched alkanes of at least 4 members (excludes halogenated alkanes) is 2. The summed E-state index contributed by atoms with van der Waals surface area (Å²) >= 11 is 0. The average Bonchev–Trinajstić information content (AvgIpc) is 3.07. The van der Waals surface area contributed by atoms with Gasteiger partial charge in [-0.3, -0.25) is 4.79 Å². The maximum absolute atomic E-state index is 12.5. The number of rotatable bonds is 6. The van der Waals surface area contributed by atoms with E-state index < -0.39 is 0 Å². The lowest BCUT2D eigenvalue weighted by Crippen LogP contribution is -2.40. The number of aromatic nitrogens is 3. The van der Waals surface area contributed by atoms with E-state index in [1.165, 1.54) is 30.3 Å². The molecule has 1 aliphatic heterocycles. The molecule has 1 amide bonds. The van der Waals surface area contributed by atoms with Crippen LogP contribution in [0.5, 0.6) is 0 Å². The number of amides is 1. The average molecular weight is 306 g/mol. The van der Waals surface area contributed by atoms with Crippen LogP contribution < -0.4 is 5.43 Å². The summed E-state index contributed by atoms with van der Waals surface area (Å²) in [7, 11) is 0. The van der Waals surface area contributed by atoms with E-state index in [4.69, 9.17) is 0 Å².